The van der Waals surface area contributed by atoms with Crippen molar-refractivity contribution in [3.63, 3.8) is 0 Å². The summed E-state index contributed by atoms with van der Waals surface area (Å²) in [6.45, 7) is 8.27. The minimum atomic E-state index is -0.205. The van der Waals surface area contributed by atoms with Crippen LogP contribution >= 0.6 is 23.2 Å². The molecule has 0 atom stereocenters. The van der Waals surface area contributed by atoms with E-state index in [1.54, 1.807) is 18.2 Å². The summed E-state index contributed by atoms with van der Waals surface area (Å²) in [7, 11) is 1.93. The Bertz CT molecular complexity index is 862. The second kappa shape index (κ2) is 10.3. The van der Waals surface area contributed by atoms with Gasteiger partial charge in [-0.15, -0.1) is 0 Å². The highest BCUT2D eigenvalue weighted by molar-refractivity contribution is 6.42. The van der Waals surface area contributed by atoms with Crippen LogP contribution in [0.1, 0.15) is 34.2 Å². The number of hydrogen-bond acceptors (Lipinski definition) is 3. The number of guanidine groups is 1. The van der Waals surface area contributed by atoms with Crippen molar-refractivity contribution in [3.8, 4) is 0 Å². The topological polar surface area (TPSA) is 83.3 Å². The Kier molecular flexibility index (Phi) is 8.14. The molecule has 152 valence electrons. The first kappa shape index (κ1) is 22.0. The fraction of sp³-hybridized carbons (Fsp3) is 0.421. The summed E-state index contributed by atoms with van der Waals surface area (Å²) in [5.41, 5.74) is 3.67. The highest BCUT2D eigenvalue weighted by Gasteiger charge is 2.10. The van der Waals surface area contributed by atoms with Crippen molar-refractivity contribution < 1.29 is 4.79 Å². The van der Waals surface area contributed by atoms with Crippen LogP contribution in [0.25, 0.3) is 0 Å². The molecule has 0 aliphatic rings. The van der Waals surface area contributed by atoms with E-state index < -0.39 is 0 Å². The average molecular weight is 425 g/mol. The molecule has 2 aromatic rings. The van der Waals surface area contributed by atoms with Gasteiger partial charge in [0.15, 0.2) is 5.96 Å². The van der Waals surface area contributed by atoms with Crippen LogP contribution in [0.2, 0.25) is 10.0 Å². The Morgan fingerprint density at radius 1 is 1.14 bits per heavy atom. The molecule has 0 aliphatic heterocycles. The Morgan fingerprint density at radius 2 is 1.86 bits per heavy atom. The van der Waals surface area contributed by atoms with Crippen molar-refractivity contribution in [2.45, 2.75) is 27.3 Å². The fourth-order valence-electron chi connectivity index (χ4n) is 2.64. The normalized spacial score (nSPS) is 11.4. The summed E-state index contributed by atoms with van der Waals surface area (Å²) in [6.07, 6.45) is 0. The van der Waals surface area contributed by atoms with Crippen LogP contribution in [-0.4, -0.2) is 41.3 Å². The predicted octanol–water partition coefficient (Wildman–Crippen LogP) is 2.83. The molecule has 9 heteroatoms. The van der Waals surface area contributed by atoms with Crippen LogP contribution in [0.5, 0.6) is 0 Å². The maximum atomic E-state index is 12.2. The summed E-state index contributed by atoms with van der Waals surface area (Å²) >= 11 is 11.8. The van der Waals surface area contributed by atoms with Gasteiger partial charge in [0.05, 0.1) is 22.3 Å². The van der Waals surface area contributed by atoms with Crippen molar-refractivity contribution in [1.82, 2.24) is 25.7 Å². The van der Waals surface area contributed by atoms with Crippen molar-refractivity contribution in [2.75, 3.05) is 19.6 Å². The Balaban J connectivity index is 1.87. The number of benzene rings is 1. The van der Waals surface area contributed by atoms with E-state index in [4.69, 9.17) is 23.2 Å². The van der Waals surface area contributed by atoms with Crippen LogP contribution in [0.3, 0.4) is 0 Å². The molecule has 1 aromatic heterocycles. The van der Waals surface area contributed by atoms with E-state index >= 15 is 0 Å². The Hall–Kier alpha value is -2.25. The molecule has 0 fully saturated rings. The third-order valence-electron chi connectivity index (χ3n) is 4.28. The van der Waals surface area contributed by atoms with E-state index in [1.807, 2.05) is 32.5 Å². The van der Waals surface area contributed by atoms with Gasteiger partial charge in [0, 0.05) is 43.5 Å². The van der Waals surface area contributed by atoms with Gasteiger partial charge in [-0.3, -0.25) is 9.48 Å². The smallest absolute Gasteiger partial charge is 0.251 e. The van der Waals surface area contributed by atoms with Gasteiger partial charge in [-0.25, -0.2) is 4.99 Å². The third-order valence-corrected chi connectivity index (χ3v) is 5.02. The maximum absolute atomic E-state index is 12.2. The van der Waals surface area contributed by atoms with Gasteiger partial charge in [-0.2, -0.15) is 5.10 Å². The van der Waals surface area contributed by atoms with Gasteiger partial charge in [0.2, 0.25) is 0 Å². The first-order valence-corrected chi connectivity index (χ1v) is 9.83. The molecule has 0 saturated heterocycles. The number of carbonyl (C=O) groups is 1. The van der Waals surface area contributed by atoms with Crippen molar-refractivity contribution in [3.05, 3.63) is 50.8 Å². The van der Waals surface area contributed by atoms with Crippen LogP contribution < -0.4 is 16.0 Å². The first-order chi connectivity index (χ1) is 13.3. The molecular weight excluding hydrogens is 399 g/mol. The SMILES string of the molecule is CCNC(=NCc1c(C)nn(C)c1C)NCCNC(=O)c1ccc(Cl)c(Cl)c1. The average Bonchev–Trinajstić information content (AvgIpc) is 2.90. The molecule has 0 unspecified atom stereocenters. The number of nitrogens with one attached hydrogen (secondary N) is 3. The van der Waals surface area contributed by atoms with Gasteiger partial charge in [0.1, 0.15) is 0 Å². The van der Waals surface area contributed by atoms with E-state index in [2.05, 4.69) is 26.0 Å². The van der Waals surface area contributed by atoms with E-state index in [-0.39, 0.29) is 5.91 Å². The molecule has 2 rings (SSSR count). The molecule has 0 radical (unpaired) electrons. The zero-order valence-electron chi connectivity index (χ0n) is 16.6. The summed E-state index contributed by atoms with van der Waals surface area (Å²) in [6, 6.07) is 4.80. The van der Waals surface area contributed by atoms with Crippen LogP contribution in [0.4, 0.5) is 0 Å². The molecule has 1 aromatic carbocycles. The van der Waals surface area contributed by atoms with Crippen molar-refractivity contribution in [1.29, 1.82) is 0 Å². The molecule has 3 N–H and O–H groups in total. The summed E-state index contributed by atoms with van der Waals surface area (Å²) in [4.78, 5) is 16.8. The molecule has 0 bridgehead atoms. The van der Waals surface area contributed by atoms with E-state index in [1.165, 1.54) is 0 Å². The van der Waals surface area contributed by atoms with Crippen LogP contribution in [0, 0.1) is 13.8 Å². The first-order valence-electron chi connectivity index (χ1n) is 9.08. The molecule has 0 saturated carbocycles. The third kappa shape index (κ3) is 5.87. The minimum Gasteiger partial charge on any atom is -0.357 e. The highest BCUT2D eigenvalue weighted by atomic mass is 35.5. The van der Waals surface area contributed by atoms with Gasteiger partial charge in [0.25, 0.3) is 5.91 Å². The maximum Gasteiger partial charge on any atom is 0.251 e. The number of nitrogens with zero attached hydrogens (tertiary/aromatic N) is 3. The minimum absolute atomic E-state index is 0.205. The predicted molar refractivity (Wildman–Crippen MR) is 114 cm³/mol. The second-order valence-corrected chi connectivity index (χ2v) is 7.09. The standard InChI is InChI=1S/C19H26Cl2N6O/c1-5-22-19(25-11-15-12(2)26-27(4)13(15)3)24-9-8-23-18(28)14-6-7-16(20)17(21)10-14/h6-7,10H,5,8-9,11H2,1-4H3,(H,23,28)(H2,22,24,25). The number of halogens is 2. The molecule has 0 spiro atoms. The Labute approximate surface area is 175 Å². The molecule has 0 aliphatic carbocycles. The van der Waals surface area contributed by atoms with E-state index in [9.17, 15) is 4.79 Å². The number of aromatic nitrogens is 2. The molecule has 1 amide bonds. The molecule has 7 nitrogen and oxygen atoms in total. The lowest BCUT2D eigenvalue weighted by Gasteiger charge is -2.12. The lowest BCUT2D eigenvalue weighted by atomic mass is 10.2. The quantitative estimate of drug-likeness (QED) is 0.362. The molecule has 28 heavy (non-hydrogen) atoms. The number of hydrogen-bond donors (Lipinski definition) is 3. The summed E-state index contributed by atoms with van der Waals surface area (Å²) in [5.74, 6) is 0.484. The van der Waals surface area contributed by atoms with Crippen molar-refractivity contribution >= 4 is 35.1 Å². The van der Waals surface area contributed by atoms with Crippen molar-refractivity contribution in [2.24, 2.45) is 12.0 Å². The van der Waals surface area contributed by atoms with Gasteiger partial charge in [-0.1, -0.05) is 23.2 Å². The fourth-order valence-corrected chi connectivity index (χ4v) is 2.94. The van der Waals surface area contributed by atoms with Crippen LogP contribution in [-0.2, 0) is 13.6 Å². The molecule has 1 heterocycles. The van der Waals surface area contributed by atoms with Gasteiger partial charge in [-0.05, 0) is 39.0 Å². The zero-order chi connectivity index (χ0) is 20.7. The molecular formula is C19H26Cl2N6O. The lowest BCUT2D eigenvalue weighted by Crippen LogP contribution is -2.41. The highest BCUT2D eigenvalue weighted by Crippen LogP contribution is 2.22. The number of amides is 1. The summed E-state index contributed by atoms with van der Waals surface area (Å²) in [5, 5.41) is 14.4. The Morgan fingerprint density at radius 3 is 2.46 bits per heavy atom. The van der Waals surface area contributed by atoms with Gasteiger partial charge < -0.3 is 16.0 Å². The number of rotatable bonds is 7. The van der Waals surface area contributed by atoms with E-state index in [0.717, 1.165) is 23.5 Å². The zero-order valence-corrected chi connectivity index (χ0v) is 18.1. The monoisotopic (exact) mass is 424 g/mol. The lowest BCUT2D eigenvalue weighted by molar-refractivity contribution is 0.0954. The van der Waals surface area contributed by atoms with Crippen LogP contribution in [0.15, 0.2) is 23.2 Å². The number of aliphatic imine (C=N–C) groups is 1. The largest absolute Gasteiger partial charge is 0.357 e. The van der Waals surface area contributed by atoms with E-state index in [0.29, 0.717) is 41.2 Å². The summed E-state index contributed by atoms with van der Waals surface area (Å²) < 4.78 is 1.86. The van der Waals surface area contributed by atoms with Gasteiger partial charge >= 0.3 is 0 Å². The second-order valence-electron chi connectivity index (χ2n) is 6.28. The number of aryl methyl sites for hydroxylation is 2. The number of carbonyl (C=O) groups excluding carboxylic acids is 1.